The number of methoxy groups -OCH3 is 1. The van der Waals surface area contributed by atoms with E-state index in [0.717, 1.165) is 5.69 Å². The Labute approximate surface area is 79.6 Å². The van der Waals surface area contributed by atoms with Crippen LogP contribution >= 0.6 is 23.6 Å². The van der Waals surface area contributed by atoms with Gasteiger partial charge in [0.25, 0.3) is 0 Å². The molecule has 5 heteroatoms. The van der Waals surface area contributed by atoms with Gasteiger partial charge in [-0.05, 0) is 19.1 Å². The molecule has 0 aliphatic rings. The van der Waals surface area contributed by atoms with Crippen molar-refractivity contribution >= 4 is 29.5 Å². The fourth-order valence-electron chi connectivity index (χ4n) is 0.801. The maximum Gasteiger partial charge on any atom is 0.349 e. The van der Waals surface area contributed by atoms with E-state index in [9.17, 15) is 4.79 Å². The van der Waals surface area contributed by atoms with E-state index >= 15 is 0 Å². The van der Waals surface area contributed by atoms with Gasteiger partial charge in [0.05, 0.1) is 7.11 Å². The molecular formula is C7H9NO2S2. The predicted molar refractivity (Wildman–Crippen MR) is 50.2 cm³/mol. The van der Waals surface area contributed by atoms with Crippen LogP contribution in [0.15, 0.2) is 0 Å². The summed E-state index contributed by atoms with van der Waals surface area (Å²) in [5.41, 5.74) is 0.858. The first kappa shape index (κ1) is 9.41. The van der Waals surface area contributed by atoms with E-state index in [1.165, 1.54) is 18.4 Å². The Morgan fingerprint density at radius 3 is 2.58 bits per heavy atom. The highest BCUT2D eigenvalue weighted by atomic mass is 32.1. The van der Waals surface area contributed by atoms with Crippen LogP contribution in [0.25, 0.3) is 0 Å². The zero-order valence-corrected chi connectivity index (χ0v) is 8.71. The molecule has 1 heterocycles. The topological polar surface area (TPSA) is 31.2 Å². The molecule has 0 aromatic carbocycles. The number of hydrogen-bond acceptors (Lipinski definition) is 4. The van der Waals surface area contributed by atoms with Gasteiger partial charge >= 0.3 is 5.97 Å². The summed E-state index contributed by atoms with van der Waals surface area (Å²) in [5, 5.41) is 0. The van der Waals surface area contributed by atoms with Gasteiger partial charge < -0.3 is 9.30 Å². The molecule has 0 fully saturated rings. The molecule has 0 bridgehead atoms. The first-order valence-electron chi connectivity index (χ1n) is 3.32. The molecule has 0 radical (unpaired) electrons. The van der Waals surface area contributed by atoms with Crippen LogP contribution in [0.1, 0.15) is 15.4 Å². The van der Waals surface area contributed by atoms with E-state index in [-0.39, 0.29) is 5.97 Å². The van der Waals surface area contributed by atoms with Crippen LogP contribution in [0.3, 0.4) is 0 Å². The number of hydrogen-bond donors (Lipinski definition) is 0. The Morgan fingerprint density at radius 1 is 1.67 bits per heavy atom. The average molecular weight is 203 g/mol. The number of nitrogens with zero attached hydrogens (tertiary/aromatic N) is 1. The van der Waals surface area contributed by atoms with Crippen LogP contribution in [-0.4, -0.2) is 17.6 Å². The third kappa shape index (κ3) is 1.42. The molecular weight excluding hydrogens is 194 g/mol. The van der Waals surface area contributed by atoms with E-state index in [1.807, 2.05) is 14.0 Å². The number of ether oxygens (including phenoxy) is 1. The van der Waals surface area contributed by atoms with Crippen LogP contribution in [0.4, 0.5) is 0 Å². The lowest BCUT2D eigenvalue weighted by molar-refractivity contribution is 0.0605. The van der Waals surface area contributed by atoms with Crippen molar-refractivity contribution in [1.29, 1.82) is 0 Å². The molecule has 0 unspecified atom stereocenters. The second-order valence-corrected chi connectivity index (χ2v) is 3.98. The summed E-state index contributed by atoms with van der Waals surface area (Å²) < 4.78 is 7.08. The Hall–Kier alpha value is -0.680. The summed E-state index contributed by atoms with van der Waals surface area (Å²) in [6.07, 6.45) is 0. The van der Waals surface area contributed by atoms with E-state index in [4.69, 9.17) is 12.2 Å². The van der Waals surface area contributed by atoms with Crippen LogP contribution in [0, 0.1) is 10.9 Å². The standard InChI is InChI=1S/C7H9NO2S2/c1-4-5(6(9)10-3)12-7(11)8(4)2/h1-3H3. The van der Waals surface area contributed by atoms with Gasteiger partial charge in [0.1, 0.15) is 4.88 Å². The summed E-state index contributed by atoms with van der Waals surface area (Å²) in [6.45, 7) is 1.85. The van der Waals surface area contributed by atoms with Gasteiger partial charge in [0, 0.05) is 12.7 Å². The Morgan fingerprint density at radius 2 is 2.25 bits per heavy atom. The van der Waals surface area contributed by atoms with Crippen molar-refractivity contribution in [3.63, 3.8) is 0 Å². The fourth-order valence-corrected chi connectivity index (χ4v) is 2.09. The Balaban J connectivity index is 3.27. The molecule has 3 nitrogen and oxygen atoms in total. The van der Waals surface area contributed by atoms with E-state index in [2.05, 4.69) is 4.74 Å². The number of carbonyl (C=O) groups excluding carboxylic acids is 1. The van der Waals surface area contributed by atoms with E-state index in [1.54, 1.807) is 4.57 Å². The minimum Gasteiger partial charge on any atom is -0.465 e. The lowest BCUT2D eigenvalue weighted by Crippen LogP contribution is -2.02. The van der Waals surface area contributed by atoms with Crippen molar-refractivity contribution in [3.8, 4) is 0 Å². The highest BCUT2D eigenvalue weighted by Gasteiger charge is 2.13. The highest BCUT2D eigenvalue weighted by molar-refractivity contribution is 7.73. The molecule has 0 saturated heterocycles. The third-order valence-corrected chi connectivity index (χ3v) is 3.30. The van der Waals surface area contributed by atoms with Gasteiger partial charge in [-0.3, -0.25) is 0 Å². The SMILES string of the molecule is COC(=O)c1sc(=S)n(C)c1C. The summed E-state index contributed by atoms with van der Waals surface area (Å²) in [6, 6.07) is 0. The quantitative estimate of drug-likeness (QED) is 0.516. The molecule has 0 amide bonds. The normalized spacial score (nSPS) is 9.92. The van der Waals surface area contributed by atoms with Gasteiger partial charge in [0.2, 0.25) is 0 Å². The van der Waals surface area contributed by atoms with Crippen molar-refractivity contribution in [2.75, 3.05) is 7.11 Å². The molecule has 0 spiro atoms. The van der Waals surface area contributed by atoms with Gasteiger partial charge in [-0.1, -0.05) is 11.3 Å². The number of aromatic nitrogens is 1. The molecule has 1 rings (SSSR count). The van der Waals surface area contributed by atoms with Crippen molar-refractivity contribution in [3.05, 3.63) is 14.5 Å². The van der Waals surface area contributed by atoms with Gasteiger partial charge in [-0.15, -0.1) is 0 Å². The van der Waals surface area contributed by atoms with Crippen molar-refractivity contribution in [2.45, 2.75) is 6.92 Å². The largest absolute Gasteiger partial charge is 0.465 e. The van der Waals surface area contributed by atoms with Gasteiger partial charge in [-0.2, -0.15) is 0 Å². The van der Waals surface area contributed by atoms with E-state index in [0.29, 0.717) is 8.83 Å². The maximum absolute atomic E-state index is 11.1. The van der Waals surface area contributed by atoms with Crippen molar-refractivity contribution < 1.29 is 9.53 Å². The summed E-state index contributed by atoms with van der Waals surface area (Å²) in [7, 11) is 3.20. The number of carbonyl (C=O) groups is 1. The molecule has 12 heavy (non-hydrogen) atoms. The maximum atomic E-state index is 11.1. The van der Waals surface area contributed by atoms with Crippen molar-refractivity contribution in [2.24, 2.45) is 7.05 Å². The Kier molecular flexibility index (Phi) is 2.64. The smallest absolute Gasteiger partial charge is 0.349 e. The fraction of sp³-hybridized carbons (Fsp3) is 0.429. The minimum absolute atomic E-state index is 0.316. The molecule has 66 valence electrons. The first-order valence-corrected chi connectivity index (χ1v) is 4.55. The predicted octanol–water partition coefficient (Wildman–Crippen LogP) is 1.91. The number of thiazole rings is 1. The second kappa shape index (κ2) is 3.37. The van der Waals surface area contributed by atoms with E-state index < -0.39 is 0 Å². The molecule has 0 aliphatic carbocycles. The molecule has 0 aliphatic heterocycles. The summed E-state index contributed by atoms with van der Waals surface area (Å²) >= 11 is 6.28. The highest BCUT2D eigenvalue weighted by Crippen LogP contribution is 2.18. The van der Waals surface area contributed by atoms with Crippen LogP contribution in [0.2, 0.25) is 0 Å². The molecule has 0 atom stereocenters. The lowest BCUT2D eigenvalue weighted by atomic mass is 10.4. The van der Waals surface area contributed by atoms with Gasteiger partial charge in [0.15, 0.2) is 3.95 Å². The molecule has 0 saturated carbocycles. The van der Waals surface area contributed by atoms with Crippen LogP contribution in [0.5, 0.6) is 0 Å². The van der Waals surface area contributed by atoms with Crippen LogP contribution < -0.4 is 0 Å². The monoisotopic (exact) mass is 203 g/mol. The average Bonchev–Trinajstić information content (AvgIpc) is 2.32. The minimum atomic E-state index is -0.316. The lowest BCUT2D eigenvalue weighted by Gasteiger charge is -1.97. The second-order valence-electron chi connectivity index (χ2n) is 2.33. The summed E-state index contributed by atoms with van der Waals surface area (Å²) in [4.78, 5) is 11.7. The zero-order chi connectivity index (χ0) is 9.30. The number of rotatable bonds is 1. The zero-order valence-electron chi connectivity index (χ0n) is 7.08. The third-order valence-electron chi connectivity index (χ3n) is 1.67. The number of esters is 1. The Bertz CT molecular complexity index is 364. The van der Waals surface area contributed by atoms with Crippen molar-refractivity contribution in [1.82, 2.24) is 4.57 Å². The summed E-state index contributed by atoms with van der Waals surface area (Å²) in [5.74, 6) is -0.316. The van der Waals surface area contributed by atoms with Gasteiger partial charge in [-0.25, -0.2) is 4.79 Å². The van der Waals surface area contributed by atoms with Crippen LogP contribution in [-0.2, 0) is 11.8 Å². The molecule has 1 aromatic rings. The molecule has 1 aromatic heterocycles. The molecule has 0 N–H and O–H groups in total. The first-order chi connectivity index (χ1) is 5.57.